The maximum atomic E-state index is 11.2. The Kier molecular flexibility index (Phi) is 16.2. The normalized spacial score (nSPS) is 12.5. The predicted molar refractivity (Wildman–Crippen MR) is 284 cm³/mol. The molecule has 372 valence electrons. The molecule has 1 aliphatic heterocycles. The topological polar surface area (TPSA) is 143 Å². The van der Waals surface area contributed by atoms with Gasteiger partial charge in [-0.15, -0.1) is 0 Å². The summed E-state index contributed by atoms with van der Waals surface area (Å²) >= 11 is 0. The van der Waals surface area contributed by atoms with Crippen molar-refractivity contribution in [3.63, 3.8) is 0 Å². The summed E-state index contributed by atoms with van der Waals surface area (Å²) in [6.45, 7) is 6.63. The molecule has 3 heterocycles. The fourth-order valence-corrected chi connectivity index (χ4v) is 9.31. The summed E-state index contributed by atoms with van der Waals surface area (Å²) in [4.78, 5) is 24.7. The minimum atomic E-state index is -0.806. The first-order valence-corrected chi connectivity index (χ1v) is 24.8. The van der Waals surface area contributed by atoms with Crippen molar-refractivity contribution in [3.8, 4) is 28.7 Å². The lowest BCUT2D eigenvalue weighted by atomic mass is 10.1. The average molecular weight is 972 g/mol. The third kappa shape index (κ3) is 12.2. The lowest BCUT2D eigenvalue weighted by Crippen LogP contribution is -2.36. The van der Waals surface area contributed by atoms with Gasteiger partial charge in [0.25, 0.3) is 0 Å². The number of nitrogens with zero attached hydrogens (tertiary/aromatic N) is 3. The highest BCUT2D eigenvalue weighted by Gasteiger charge is 2.15. The summed E-state index contributed by atoms with van der Waals surface area (Å²) < 4.78 is 38.8. The largest absolute Gasteiger partial charge is 0.497 e. The Hall–Kier alpha value is -7.90. The van der Waals surface area contributed by atoms with Crippen LogP contribution in [-0.4, -0.2) is 91.1 Å². The van der Waals surface area contributed by atoms with Crippen molar-refractivity contribution in [2.45, 2.75) is 51.6 Å². The molecule has 7 aromatic carbocycles. The molecule has 0 amide bonds. The summed E-state index contributed by atoms with van der Waals surface area (Å²) in [6, 6.07) is 48.6. The van der Waals surface area contributed by atoms with E-state index in [0.717, 1.165) is 135 Å². The third-order valence-electron chi connectivity index (χ3n) is 13.0. The molecular formula is C59H61N3O10. The van der Waals surface area contributed by atoms with Crippen molar-refractivity contribution < 1.29 is 48.2 Å². The zero-order valence-corrected chi connectivity index (χ0v) is 40.7. The molecule has 1 aliphatic rings. The van der Waals surface area contributed by atoms with E-state index in [1.54, 1.807) is 7.11 Å². The van der Waals surface area contributed by atoms with Crippen LogP contribution in [0.4, 0.5) is 5.69 Å². The highest BCUT2D eigenvalue weighted by molar-refractivity contribution is 6.09. The molecule has 13 nitrogen and oxygen atoms in total. The van der Waals surface area contributed by atoms with Crippen molar-refractivity contribution in [1.82, 2.24) is 9.13 Å². The molecule has 2 aromatic heterocycles. The van der Waals surface area contributed by atoms with Crippen LogP contribution in [0.15, 0.2) is 146 Å². The quantitative estimate of drug-likeness (QED) is 0.0627. The summed E-state index contributed by atoms with van der Waals surface area (Å²) in [5.74, 6) is 2.56. The smallest absolute Gasteiger partial charge is 0.305 e. The molecule has 10 rings (SSSR count). The molecule has 13 heteroatoms. The number of morpholine rings is 1. The van der Waals surface area contributed by atoms with Crippen LogP contribution in [0.1, 0.15) is 38.5 Å². The van der Waals surface area contributed by atoms with Gasteiger partial charge in [-0.25, -0.2) is 0 Å². The van der Waals surface area contributed by atoms with Crippen LogP contribution in [0.3, 0.4) is 0 Å². The van der Waals surface area contributed by atoms with Gasteiger partial charge in [0.1, 0.15) is 28.7 Å². The molecular weight excluding hydrogens is 911 g/mol. The number of benzene rings is 7. The van der Waals surface area contributed by atoms with Gasteiger partial charge in [0, 0.05) is 82.6 Å². The van der Waals surface area contributed by atoms with E-state index in [0.29, 0.717) is 39.5 Å². The number of aliphatic carboxylic acids is 2. The lowest BCUT2D eigenvalue weighted by Gasteiger charge is -2.29. The average Bonchev–Trinajstić information content (AvgIpc) is 3.90. The molecule has 9 aromatic rings. The van der Waals surface area contributed by atoms with Gasteiger partial charge in [-0.2, -0.15) is 0 Å². The first kappa shape index (κ1) is 49.1. The molecule has 0 atom stereocenters. The number of ether oxygens (including phenoxy) is 6. The van der Waals surface area contributed by atoms with E-state index in [1.165, 1.54) is 5.69 Å². The Morgan fingerprint density at radius 1 is 0.472 bits per heavy atom. The fraction of sp³-hybridized carbons (Fsp3) is 0.288. The van der Waals surface area contributed by atoms with Crippen LogP contribution in [0.5, 0.6) is 28.7 Å². The van der Waals surface area contributed by atoms with Gasteiger partial charge in [0.2, 0.25) is 0 Å². The van der Waals surface area contributed by atoms with Crippen LogP contribution in [0.25, 0.3) is 54.4 Å². The second kappa shape index (κ2) is 23.8. The van der Waals surface area contributed by atoms with Gasteiger partial charge in [-0.3, -0.25) is 9.59 Å². The van der Waals surface area contributed by atoms with E-state index in [2.05, 4.69) is 50.4 Å². The zero-order valence-electron chi connectivity index (χ0n) is 40.7. The number of hydrogen-bond acceptors (Lipinski definition) is 9. The molecule has 0 radical (unpaired) electrons. The van der Waals surface area contributed by atoms with Crippen LogP contribution in [0, 0.1) is 0 Å². The molecule has 0 spiro atoms. The number of carbonyl (C=O) groups is 2. The summed E-state index contributed by atoms with van der Waals surface area (Å²) in [5.41, 5.74) is 5.25. The van der Waals surface area contributed by atoms with Gasteiger partial charge >= 0.3 is 11.9 Å². The Labute approximate surface area is 418 Å². The maximum Gasteiger partial charge on any atom is 0.305 e. The van der Waals surface area contributed by atoms with E-state index >= 15 is 0 Å². The number of hydrogen-bond donors (Lipinski definition) is 2. The minimum absolute atomic E-state index is 0.0737. The molecule has 0 saturated carbocycles. The number of methoxy groups -OCH3 is 1. The van der Waals surface area contributed by atoms with Gasteiger partial charge in [-0.1, -0.05) is 54.6 Å². The van der Waals surface area contributed by atoms with Gasteiger partial charge in [0.05, 0.1) is 70.6 Å². The number of fused-ring (bicyclic) bond motifs is 7. The third-order valence-corrected chi connectivity index (χ3v) is 13.0. The highest BCUT2D eigenvalue weighted by Crippen LogP contribution is 2.34. The molecule has 0 unspecified atom stereocenters. The molecule has 0 bridgehead atoms. The Morgan fingerprint density at radius 2 is 0.903 bits per heavy atom. The van der Waals surface area contributed by atoms with Crippen molar-refractivity contribution >= 4 is 72.0 Å². The van der Waals surface area contributed by atoms with Gasteiger partial charge < -0.3 is 52.7 Å². The first-order valence-electron chi connectivity index (χ1n) is 24.8. The number of para-hydroxylation sites is 2. The van der Waals surface area contributed by atoms with E-state index in [4.69, 9.17) is 28.4 Å². The van der Waals surface area contributed by atoms with Crippen molar-refractivity contribution in [2.24, 2.45) is 0 Å². The Bertz CT molecular complexity index is 3280. The predicted octanol–water partition coefficient (Wildman–Crippen LogP) is 12.0. The number of carboxylic acid groups (broad SMARTS) is 2. The first-order chi connectivity index (χ1) is 35.3. The Balaban J connectivity index is 0.000000178. The number of aryl methyl sites for hydroxylation is 2. The fourth-order valence-electron chi connectivity index (χ4n) is 9.31. The zero-order chi connectivity index (χ0) is 49.7. The van der Waals surface area contributed by atoms with Crippen molar-refractivity contribution in [2.75, 3.05) is 64.7 Å². The van der Waals surface area contributed by atoms with E-state index in [1.807, 2.05) is 109 Å². The molecule has 1 saturated heterocycles. The summed E-state index contributed by atoms with van der Waals surface area (Å²) in [5, 5.41) is 25.1. The van der Waals surface area contributed by atoms with Crippen LogP contribution in [-0.2, 0) is 27.4 Å². The lowest BCUT2D eigenvalue weighted by molar-refractivity contribution is -0.138. The highest BCUT2D eigenvalue weighted by atomic mass is 16.5. The molecule has 0 aliphatic carbocycles. The number of anilines is 1. The number of aromatic nitrogens is 2. The number of rotatable bonds is 22. The molecule has 72 heavy (non-hydrogen) atoms. The summed E-state index contributed by atoms with van der Waals surface area (Å²) in [7, 11) is 1.67. The van der Waals surface area contributed by atoms with Crippen molar-refractivity contribution in [3.05, 3.63) is 146 Å². The second-order valence-electron chi connectivity index (χ2n) is 17.8. The van der Waals surface area contributed by atoms with Crippen molar-refractivity contribution in [1.29, 1.82) is 0 Å². The standard InChI is InChI=1S/C30H29NO5.C29H32N2O5/c1-34-23-10-8-22-19-24(11-9-21(22)18-23)35-16-4-5-17-36-25-12-13-27-26-6-2-3-7-28(26)31(29(27)20-25)15-14-30(32)33;32-29(33)12-13-31-27-9-2-1-8-25(27)26-11-10-24(21-28(26)31)36-17-4-3-16-35-23-7-5-6-22(20-23)30-14-18-34-19-15-30/h2-3,6-13,18-20H,4-5,14-17H2,1H3,(H,32,33);1-2,5-11,20-21H,3-4,12-19H2,(H,32,33). The molecule has 2 N–H and O–H groups in total. The maximum absolute atomic E-state index is 11.2. The van der Waals surface area contributed by atoms with E-state index in [-0.39, 0.29) is 12.8 Å². The van der Waals surface area contributed by atoms with Crippen LogP contribution < -0.4 is 28.6 Å². The SMILES string of the molecule is COc1ccc2cc(OCCCCOc3ccc4c5ccccc5n(CCC(=O)O)c4c3)ccc2c1.O=C(O)CCn1c2ccccc2c2ccc(OCCCCOc3cccc(N4CCOCC4)c3)cc21. The van der Waals surface area contributed by atoms with Crippen LogP contribution >= 0.6 is 0 Å². The number of carboxylic acids is 2. The number of unbranched alkanes of at least 4 members (excludes halogenated alkanes) is 2. The van der Waals surface area contributed by atoms with E-state index in [9.17, 15) is 19.8 Å². The van der Waals surface area contributed by atoms with Gasteiger partial charge in [0.15, 0.2) is 0 Å². The van der Waals surface area contributed by atoms with E-state index < -0.39 is 11.9 Å². The minimum Gasteiger partial charge on any atom is -0.497 e. The van der Waals surface area contributed by atoms with Crippen LogP contribution in [0.2, 0.25) is 0 Å². The summed E-state index contributed by atoms with van der Waals surface area (Å²) in [6.07, 6.45) is 3.66. The Morgan fingerprint density at radius 3 is 1.40 bits per heavy atom. The van der Waals surface area contributed by atoms with Gasteiger partial charge in [-0.05, 0) is 109 Å². The molecule has 1 fully saturated rings. The monoisotopic (exact) mass is 971 g/mol. The second-order valence-corrected chi connectivity index (χ2v) is 17.8.